The van der Waals surface area contributed by atoms with E-state index in [-0.39, 0.29) is 0 Å². The molecule has 3 unspecified atom stereocenters. The number of nitrogens with zero attached hydrogens (tertiary/aromatic N) is 3. The van der Waals surface area contributed by atoms with E-state index in [2.05, 4.69) is 105 Å². The van der Waals surface area contributed by atoms with Crippen molar-refractivity contribution < 1.29 is 0 Å². The lowest BCUT2D eigenvalue weighted by molar-refractivity contribution is 0.155. The second kappa shape index (κ2) is 10.2. The third-order valence-corrected chi connectivity index (χ3v) is 11.0. The standard InChI is InChI=1S/C39H42N4/c1-26-13-16-35-33(21-26)31-10-6-12-37-39(31)43(35)20-19-42(37)25-29-8-4-7-27(23-29)22-28-14-15-34-32(24-28)30-9-5-11-36(38(30)40-34)41-17-2-3-18-41/h2-4,8,13-18,21,23-24,27,36-37,40H,5-7,9-12,19-20,22,25H2,1H3. The fourth-order valence-corrected chi connectivity index (χ4v) is 9.05. The van der Waals surface area contributed by atoms with Crippen molar-refractivity contribution in [1.29, 1.82) is 0 Å². The molecule has 4 aliphatic rings. The molecule has 2 aromatic carbocycles. The molecule has 5 aromatic rings. The highest BCUT2D eigenvalue weighted by Crippen LogP contribution is 2.43. The fraction of sp³-hybridized carbons (Fsp3) is 0.385. The van der Waals surface area contributed by atoms with Gasteiger partial charge < -0.3 is 14.1 Å². The molecular weight excluding hydrogens is 524 g/mol. The maximum atomic E-state index is 3.82. The van der Waals surface area contributed by atoms with Crippen LogP contribution in [0.4, 0.5) is 0 Å². The summed E-state index contributed by atoms with van der Waals surface area (Å²) in [5.74, 6) is 0.570. The van der Waals surface area contributed by atoms with Gasteiger partial charge in [0.1, 0.15) is 0 Å². The number of rotatable bonds is 5. The lowest BCUT2D eigenvalue weighted by atomic mass is 9.87. The van der Waals surface area contributed by atoms with Crippen LogP contribution in [0.2, 0.25) is 0 Å². The van der Waals surface area contributed by atoms with Crippen LogP contribution in [0, 0.1) is 12.8 Å². The highest BCUT2D eigenvalue weighted by Gasteiger charge is 2.35. The molecule has 4 heterocycles. The molecule has 3 atom stereocenters. The van der Waals surface area contributed by atoms with Gasteiger partial charge in [-0.25, -0.2) is 0 Å². The molecule has 4 heteroatoms. The third kappa shape index (κ3) is 4.29. The van der Waals surface area contributed by atoms with Gasteiger partial charge in [-0.05, 0) is 123 Å². The highest BCUT2D eigenvalue weighted by molar-refractivity contribution is 5.87. The molecule has 0 spiro atoms. The SMILES string of the molecule is Cc1ccc2c(c1)c1c3n2CCN(CC2=CC(Cc4ccc5[nH]c6c(c5c4)CCCC6n4cccc4)CC=C2)C3CCC1. The Hall–Kier alpha value is -3.76. The van der Waals surface area contributed by atoms with Crippen LogP contribution in [0.3, 0.4) is 0 Å². The Bertz CT molecular complexity index is 1890. The first-order valence-electron chi connectivity index (χ1n) is 16.7. The molecule has 0 bridgehead atoms. The van der Waals surface area contributed by atoms with E-state index in [0.717, 1.165) is 32.5 Å². The largest absolute Gasteiger partial charge is 0.356 e. The molecule has 1 aliphatic heterocycles. The Kier molecular flexibility index (Phi) is 6.08. The van der Waals surface area contributed by atoms with Crippen LogP contribution < -0.4 is 0 Å². The van der Waals surface area contributed by atoms with Crippen molar-refractivity contribution in [2.24, 2.45) is 5.92 Å². The van der Waals surface area contributed by atoms with Crippen molar-refractivity contribution in [2.75, 3.05) is 13.1 Å². The molecule has 9 rings (SSSR count). The number of allylic oxidation sites excluding steroid dienone is 2. The Labute approximate surface area is 254 Å². The Morgan fingerprint density at radius 2 is 1.74 bits per heavy atom. The van der Waals surface area contributed by atoms with Crippen LogP contribution in [0.25, 0.3) is 21.8 Å². The zero-order chi connectivity index (χ0) is 28.5. The molecule has 0 amide bonds. The Morgan fingerprint density at radius 3 is 2.65 bits per heavy atom. The monoisotopic (exact) mass is 566 g/mol. The molecule has 1 N–H and O–H groups in total. The van der Waals surface area contributed by atoms with Gasteiger partial charge in [0.25, 0.3) is 0 Å². The molecule has 43 heavy (non-hydrogen) atoms. The first-order valence-corrected chi connectivity index (χ1v) is 16.7. The summed E-state index contributed by atoms with van der Waals surface area (Å²) in [6.45, 7) is 5.56. The minimum Gasteiger partial charge on any atom is -0.356 e. The van der Waals surface area contributed by atoms with Crippen molar-refractivity contribution in [3.63, 3.8) is 0 Å². The number of benzene rings is 2. The normalized spacial score (nSPS) is 23.5. The summed E-state index contributed by atoms with van der Waals surface area (Å²) in [5.41, 5.74) is 13.4. The topological polar surface area (TPSA) is 28.9 Å². The lowest BCUT2D eigenvalue weighted by Gasteiger charge is -2.40. The average molecular weight is 567 g/mol. The summed E-state index contributed by atoms with van der Waals surface area (Å²) in [6.07, 6.45) is 21.6. The van der Waals surface area contributed by atoms with Gasteiger partial charge in [0, 0.05) is 65.2 Å². The van der Waals surface area contributed by atoms with Gasteiger partial charge >= 0.3 is 0 Å². The molecule has 0 saturated heterocycles. The van der Waals surface area contributed by atoms with Gasteiger partial charge in [-0.15, -0.1) is 0 Å². The molecule has 0 saturated carbocycles. The summed E-state index contributed by atoms with van der Waals surface area (Å²) in [7, 11) is 0. The van der Waals surface area contributed by atoms with Gasteiger partial charge in [0.05, 0.1) is 12.1 Å². The maximum Gasteiger partial charge on any atom is 0.0732 e. The second-order valence-electron chi connectivity index (χ2n) is 13.7. The van der Waals surface area contributed by atoms with E-state index in [0.29, 0.717) is 18.0 Å². The first-order chi connectivity index (χ1) is 21.2. The van der Waals surface area contributed by atoms with E-state index in [4.69, 9.17) is 0 Å². The summed E-state index contributed by atoms with van der Waals surface area (Å²) >= 11 is 0. The van der Waals surface area contributed by atoms with E-state index in [1.165, 1.54) is 82.7 Å². The summed E-state index contributed by atoms with van der Waals surface area (Å²) in [4.78, 5) is 6.62. The minimum absolute atomic E-state index is 0.434. The van der Waals surface area contributed by atoms with Crippen LogP contribution in [0.1, 0.15) is 77.8 Å². The average Bonchev–Trinajstić information content (AvgIpc) is 3.76. The molecular formula is C39H42N4. The van der Waals surface area contributed by atoms with E-state index in [1.807, 2.05) is 0 Å². The quantitative estimate of drug-likeness (QED) is 0.227. The van der Waals surface area contributed by atoms with E-state index >= 15 is 0 Å². The predicted molar refractivity (Wildman–Crippen MR) is 177 cm³/mol. The highest BCUT2D eigenvalue weighted by atomic mass is 15.2. The van der Waals surface area contributed by atoms with Crippen molar-refractivity contribution in [3.05, 3.63) is 118 Å². The molecule has 218 valence electrons. The number of hydrogen-bond acceptors (Lipinski definition) is 1. The van der Waals surface area contributed by atoms with Crippen LogP contribution >= 0.6 is 0 Å². The van der Waals surface area contributed by atoms with Gasteiger partial charge in [0.2, 0.25) is 0 Å². The number of fused-ring (bicyclic) bond motifs is 6. The van der Waals surface area contributed by atoms with Gasteiger partial charge in [0.15, 0.2) is 0 Å². The number of aryl methyl sites for hydroxylation is 3. The van der Waals surface area contributed by atoms with E-state index < -0.39 is 0 Å². The zero-order valence-electron chi connectivity index (χ0n) is 25.4. The maximum absolute atomic E-state index is 3.82. The van der Waals surface area contributed by atoms with Crippen molar-refractivity contribution >= 4 is 21.8 Å². The molecule has 0 radical (unpaired) electrons. The second-order valence-corrected chi connectivity index (χ2v) is 13.7. The van der Waals surface area contributed by atoms with Gasteiger partial charge in [-0.1, -0.05) is 35.9 Å². The number of hydrogen-bond donors (Lipinski definition) is 1. The Balaban J connectivity index is 0.956. The van der Waals surface area contributed by atoms with Crippen molar-refractivity contribution in [2.45, 2.75) is 76.9 Å². The first kappa shape index (κ1) is 25.7. The zero-order valence-corrected chi connectivity index (χ0v) is 25.4. The van der Waals surface area contributed by atoms with Crippen LogP contribution in [-0.2, 0) is 25.8 Å². The molecule has 3 aliphatic carbocycles. The number of H-pyrrole nitrogens is 1. The predicted octanol–water partition coefficient (Wildman–Crippen LogP) is 8.60. The summed E-state index contributed by atoms with van der Waals surface area (Å²) in [6, 6.07) is 19.6. The molecule has 0 fully saturated rings. The smallest absolute Gasteiger partial charge is 0.0732 e. The number of aromatic amines is 1. The fourth-order valence-electron chi connectivity index (χ4n) is 9.05. The van der Waals surface area contributed by atoms with Crippen LogP contribution in [0.15, 0.2) is 84.7 Å². The van der Waals surface area contributed by atoms with E-state index in [9.17, 15) is 0 Å². The third-order valence-electron chi connectivity index (χ3n) is 11.0. The van der Waals surface area contributed by atoms with E-state index in [1.54, 1.807) is 16.8 Å². The summed E-state index contributed by atoms with van der Waals surface area (Å²) < 4.78 is 5.04. The van der Waals surface area contributed by atoms with Gasteiger partial charge in [-0.2, -0.15) is 0 Å². The Morgan fingerprint density at radius 1 is 0.884 bits per heavy atom. The van der Waals surface area contributed by atoms with Crippen molar-refractivity contribution in [1.82, 2.24) is 19.0 Å². The van der Waals surface area contributed by atoms with Crippen LogP contribution in [-0.4, -0.2) is 32.1 Å². The number of nitrogens with one attached hydrogen (secondary N) is 1. The van der Waals surface area contributed by atoms with Crippen LogP contribution in [0.5, 0.6) is 0 Å². The number of aromatic nitrogens is 3. The van der Waals surface area contributed by atoms with Gasteiger partial charge in [-0.3, -0.25) is 4.90 Å². The lowest BCUT2D eigenvalue weighted by Crippen LogP contribution is -2.40. The summed E-state index contributed by atoms with van der Waals surface area (Å²) in [5, 5.41) is 2.96. The molecule has 4 nitrogen and oxygen atoms in total. The van der Waals surface area contributed by atoms with Crippen molar-refractivity contribution in [3.8, 4) is 0 Å². The minimum atomic E-state index is 0.434. The molecule has 3 aromatic heterocycles.